The van der Waals surface area contributed by atoms with Crippen LogP contribution in [0.3, 0.4) is 0 Å². The van der Waals surface area contributed by atoms with Crippen LogP contribution in [0.25, 0.3) is 11.1 Å². The molecule has 0 bridgehead atoms. The van der Waals surface area contributed by atoms with Crippen molar-refractivity contribution < 1.29 is 4.42 Å². The molecule has 0 aliphatic heterocycles. The Morgan fingerprint density at radius 2 is 2.11 bits per heavy atom. The van der Waals surface area contributed by atoms with Gasteiger partial charge in [0, 0.05) is 12.6 Å². The van der Waals surface area contributed by atoms with E-state index in [0.717, 1.165) is 30.5 Å². The molecular weight excluding hydrogens is 240 g/mol. The first-order valence-electron chi connectivity index (χ1n) is 7.04. The fourth-order valence-corrected chi connectivity index (χ4v) is 2.27. The van der Waals surface area contributed by atoms with Crippen LogP contribution in [0.4, 0.5) is 0 Å². The number of rotatable bonds is 6. The number of aromatic nitrogens is 1. The first-order chi connectivity index (χ1) is 9.17. The number of nitrogens with one attached hydrogen (secondary N) is 1. The van der Waals surface area contributed by atoms with Crippen molar-refractivity contribution in [2.45, 2.75) is 46.2 Å². The molecular formula is C15H22N2O2. The van der Waals surface area contributed by atoms with Crippen molar-refractivity contribution in [3.63, 3.8) is 0 Å². The highest BCUT2D eigenvalue weighted by molar-refractivity contribution is 5.73. The van der Waals surface area contributed by atoms with E-state index in [1.165, 1.54) is 0 Å². The van der Waals surface area contributed by atoms with E-state index in [0.29, 0.717) is 12.1 Å². The molecule has 1 atom stereocenters. The van der Waals surface area contributed by atoms with E-state index in [-0.39, 0.29) is 11.8 Å². The lowest BCUT2D eigenvalue weighted by Crippen LogP contribution is -2.19. The van der Waals surface area contributed by atoms with Gasteiger partial charge in [-0.2, -0.15) is 0 Å². The third kappa shape index (κ3) is 2.89. The number of hydrogen-bond acceptors (Lipinski definition) is 3. The minimum atomic E-state index is -0.261. The normalized spacial score (nSPS) is 13.0. The molecule has 0 aliphatic rings. The van der Waals surface area contributed by atoms with Crippen LogP contribution < -0.4 is 11.1 Å². The Hall–Kier alpha value is -1.55. The maximum absolute atomic E-state index is 11.8. The molecule has 0 amide bonds. The Morgan fingerprint density at radius 3 is 2.79 bits per heavy atom. The molecule has 0 spiro atoms. The second-order valence-electron chi connectivity index (χ2n) is 4.92. The van der Waals surface area contributed by atoms with Gasteiger partial charge in [-0.25, -0.2) is 4.79 Å². The quantitative estimate of drug-likeness (QED) is 0.870. The van der Waals surface area contributed by atoms with Crippen LogP contribution in [0, 0.1) is 0 Å². The topological polar surface area (TPSA) is 47.2 Å². The van der Waals surface area contributed by atoms with Crippen LogP contribution in [0.15, 0.2) is 27.4 Å². The summed E-state index contributed by atoms with van der Waals surface area (Å²) >= 11 is 0. The minimum Gasteiger partial charge on any atom is -0.408 e. The van der Waals surface area contributed by atoms with Gasteiger partial charge in [-0.3, -0.25) is 4.57 Å². The van der Waals surface area contributed by atoms with Crippen molar-refractivity contribution in [1.29, 1.82) is 0 Å². The zero-order valence-electron chi connectivity index (χ0n) is 11.9. The smallest absolute Gasteiger partial charge is 0.408 e. The standard InChI is InChI=1S/C15H22N2O2/c1-4-8-16-11(3)12-6-7-13-14(10-12)19-15(18)17(13)9-5-2/h6-7,10-11,16H,4-5,8-9H2,1-3H3. The molecule has 4 heteroatoms. The molecule has 1 aromatic heterocycles. The highest BCUT2D eigenvalue weighted by Gasteiger charge is 2.11. The van der Waals surface area contributed by atoms with Gasteiger partial charge in [0.05, 0.1) is 5.52 Å². The van der Waals surface area contributed by atoms with E-state index in [1.54, 1.807) is 4.57 Å². The van der Waals surface area contributed by atoms with Crippen molar-refractivity contribution in [2.24, 2.45) is 0 Å². The van der Waals surface area contributed by atoms with E-state index in [1.807, 2.05) is 12.1 Å². The van der Waals surface area contributed by atoms with Crippen molar-refractivity contribution in [2.75, 3.05) is 6.54 Å². The highest BCUT2D eigenvalue weighted by atomic mass is 16.4. The van der Waals surface area contributed by atoms with Crippen LogP contribution in [-0.2, 0) is 6.54 Å². The van der Waals surface area contributed by atoms with Gasteiger partial charge in [0.1, 0.15) is 0 Å². The largest absolute Gasteiger partial charge is 0.419 e. The van der Waals surface area contributed by atoms with Gasteiger partial charge in [0.2, 0.25) is 0 Å². The van der Waals surface area contributed by atoms with Crippen molar-refractivity contribution in [1.82, 2.24) is 9.88 Å². The number of hydrogen-bond donors (Lipinski definition) is 1. The molecule has 0 saturated carbocycles. The van der Waals surface area contributed by atoms with Gasteiger partial charge in [-0.15, -0.1) is 0 Å². The Balaban J connectivity index is 2.34. The fourth-order valence-electron chi connectivity index (χ4n) is 2.27. The lowest BCUT2D eigenvalue weighted by Gasteiger charge is -2.13. The number of nitrogens with zero attached hydrogens (tertiary/aromatic N) is 1. The maximum Gasteiger partial charge on any atom is 0.419 e. The predicted molar refractivity (Wildman–Crippen MR) is 77.5 cm³/mol. The summed E-state index contributed by atoms with van der Waals surface area (Å²) in [4.78, 5) is 11.8. The van der Waals surface area contributed by atoms with Gasteiger partial charge in [-0.05, 0) is 44.0 Å². The van der Waals surface area contributed by atoms with Crippen molar-refractivity contribution >= 4 is 11.1 Å². The van der Waals surface area contributed by atoms with Gasteiger partial charge in [0.15, 0.2) is 5.58 Å². The van der Waals surface area contributed by atoms with E-state index in [9.17, 15) is 4.79 Å². The Labute approximate surface area is 113 Å². The summed E-state index contributed by atoms with van der Waals surface area (Å²) in [5, 5.41) is 3.43. The summed E-state index contributed by atoms with van der Waals surface area (Å²) in [6.07, 6.45) is 2.03. The average Bonchev–Trinajstić information content (AvgIpc) is 2.72. The van der Waals surface area contributed by atoms with Crippen LogP contribution in [0.5, 0.6) is 0 Å². The SMILES string of the molecule is CCCNC(C)c1ccc2c(c1)oc(=O)n2CCC. The number of aryl methyl sites for hydroxylation is 1. The van der Waals surface area contributed by atoms with E-state index >= 15 is 0 Å². The summed E-state index contributed by atoms with van der Waals surface area (Å²) < 4.78 is 7.02. The van der Waals surface area contributed by atoms with Gasteiger partial charge >= 0.3 is 5.76 Å². The summed E-state index contributed by atoms with van der Waals surface area (Å²) in [5.74, 6) is -0.261. The van der Waals surface area contributed by atoms with Crippen LogP contribution in [-0.4, -0.2) is 11.1 Å². The molecule has 104 valence electrons. The lowest BCUT2D eigenvalue weighted by atomic mass is 10.1. The molecule has 1 N–H and O–H groups in total. The second kappa shape index (κ2) is 6.06. The first-order valence-corrected chi connectivity index (χ1v) is 7.04. The maximum atomic E-state index is 11.8. The van der Waals surface area contributed by atoms with Gasteiger partial charge in [0.25, 0.3) is 0 Å². The molecule has 2 aromatic rings. The molecule has 1 unspecified atom stereocenters. The number of benzene rings is 1. The molecule has 4 nitrogen and oxygen atoms in total. The summed E-state index contributed by atoms with van der Waals surface area (Å²) in [6, 6.07) is 6.28. The second-order valence-corrected chi connectivity index (χ2v) is 4.92. The molecule has 1 heterocycles. The third-order valence-electron chi connectivity index (χ3n) is 3.34. The van der Waals surface area contributed by atoms with E-state index in [2.05, 4.69) is 32.2 Å². The molecule has 0 aliphatic carbocycles. The molecule has 19 heavy (non-hydrogen) atoms. The van der Waals surface area contributed by atoms with Crippen LogP contribution in [0.2, 0.25) is 0 Å². The van der Waals surface area contributed by atoms with Gasteiger partial charge < -0.3 is 9.73 Å². The highest BCUT2D eigenvalue weighted by Crippen LogP contribution is 2.20. The van der Waals surface area contributed by atoms with Crippen molar-refractivity contribution in [3.05, 3.63) is 34.3 Å². The minimum absolute atomic E-state index is 0.261. The van der Waals surface area contributed by atoms with Crippen molar-refractivity contribution in [3.8, 4) is 0 Å². The lowest BCUT2D eigenvalue weighted by molar-refractivity contribution is 0.502. The summed E-state index contributed by atoms with van der Waals surface area (Å²) in [5.41, 5.74) is 2.72. The Morgan fingerprint density at radius 1 is 1.32 bits per heavy atom. The van der Waals surface area contributed by atoms with E-state index in [4.69, 9.17) is 4.42 Å². The molecule has 0 saturated heterocycles. The Bertz CT molecular complexity index is 598. The summed E-state index contributed by atoms with van der Waals surface area (Å²) in [6.45, 7) is 8.01. The molecule has 1 aromatic carbocycles. The monoisotopic (exact) mass is 262 g/mol. The fraction of sp³-hybridized carbons (Fsp3) is 0.533. The number of fused-ring (bicyclic) bond motifs is 1. The third-order valence-corrected chi connectivity index (χ3v) is 3.34. The molecule has 0 fully saturated rings. The van der Waals surface area contributed by atoms with Crippen LogP contribution in [0.1, 0.15) is 45.2 Å². The molecule has 2 rings (SSSR count). The average molecular weight is 262 g/mol. The molecule has 0 radical (unpaired) electrons. The summed E-state index contributed by atoms with van der Waals surface area (Å²) in [7, 11) is 0. The Kier molecular flexibility index (Phi) is 4.43. The van der Waals surface area contributed by atoms with Crippen LogP contribution >= 0.6 is 0 Å². The predicted octanol–water partition coefficient (Wildman–Crippen LogP) is 3.07. The zero-order chi connectivity index (χ0) is 13.8. The van der Waals surface area contributed by atoms with E-state index < -0.39 is 0 Å². The number of oxazole rings is 1. The first kappa shape index (κ1) is 13.9. The van der Waals surface area contributed by atoms with Gasteiger partial charge in [-0.1, -0.05) is 19.9 Å². The zero-order valence-corrected chi connectivity index (χ0v) is 11.9.